The van der Waals surface area contributed by atoms with Crippen molar-refractivity contribution in [3.05, 3.63) is 18.0 Å². The minimum atomic E-state index is -0.240. The van der Waals surface area contributed by atoms with E-state index < -0.39 is 0 Å². The monoisotopic (exact) mass is 253 g/mol. The maximum absolute atomic E-state index is 5.90. The van der Waals surface area contributed by atoms with E-state index in [1.807, 2.05) is 13.1 Å². The highest BCUT2D eigenvalue weighted by Gasteiger charge is 2.32. The molecule has 0 spiro atoms. The van der Waals surface area contributed by atoms with Crippen molar-refractivity contribution in [2.24, 2.45) is 0 Å². The van der Waals surface area contributed by atoms with E-state index in [0.717, 1.165) is 26.1 Å². The fourth-order valence-corrected chi connectivity index (χ4v) is 2.35. The molecular weight excluding hydrogens is 226 g/mol. The van der Waals surface area contributed by atoms with Crippen LogP contribution in [-0.4, -0.2) is 28.5 Å². The molecule has 0 fully saturated rings. The zero-order valence-corrected chi connectivity index (χ0v) is 12.4. The Balaban J connectivity index is 2.99. The molecule has 1 atom stereocenters. The lowest BCUT2D eigenvalue weighted by molar-refractivity contribution is -0.0408. The highest BCUT2D eigenvalue weighted by Crippen LogP contribution is 2.28. The molecule has 0 saturated carbocycles. The third-order valence-electron chi connectivity index (χ3n) is 3.10. The van der Waals surface area contributed by atoms with Gasteiger partial charge in [0.2, 0.25) is 0 Å². The van der Waals surface area contributed by atoms with E-state index in [-0.39, 0.29) is 11.6 Å². The first-order valence-electron chi connectivity index (χ1n) is 6.95. The summed E-state index contributed by atoms with van der Waals surface area (Å²) in [5.74, 6) is 0. The second kappa shape index (κ2) is 6.90. The van der Waals surface area contributed by atoms with Crippen molar-refractivity contribution >= 4 is 0 Å². The van der Waals surface area contributed by atoms with Gasteiger partial charge in [-0.2, -0.15) is 5.10 Å². The highest BCUT2D eigenvalue weighted by molar-refractivity contribution is 5.12. The fourth-order valence-electron chi connectivity index (χ4n) is 2.35. The van der Waals surface area contributed by atoms with Gasteiger partial charge in [-0.15, -0.1) is 0 Å². The minimum Gasteiger partial charge on any atom is -0.374 e. The average molecular weight is 253 g/mol. The van der Waals surface area contributed by atoms with Gasteiger partial charge in [-0.3, -0.25) is 4.68 Å². The van der Waals surface area contributed by atoms with E-state index in [0.29, 0.717) is 0 Å². The van der Waals surface area contributed by atoms with Crippen molar-refractivity contribution in [1.29, 1.82) is 0 Å². The van der Waals surface area contributed by atoms with Gasteiger partial charge in [0.25, 0.3) is 0 Å². The molecule has 0 aliphatic heterocycles. The zero-order valence-electron chi connectivity index (χ0n) is 12.4. The lowest BCUT2D eigenvalue weighted by Crippen LogP contribution is -2.42. The van der Waals surface area contributed by atoms with Gasteiger partial charge in [0, 0.05) is 19.3 Å². The number of ether oxygens (including phenoxy) is 1. The number of hydrogen-bond donors (Lipinski definition) is 1. The smallest absolute Gasteiger partial charge is 0.0835 e. The summed E-state index contributed by atoms with van der Waals surface area (Å²) < 4.78 is 7.97. The Hall–Kier alpha value is -0.870. The summed E-state index contributed by atoms with van der Waals surface area (Å²) >= 11 is 0. The molecule has 4 nitrogen and oxygen atoms in total. The van der Waals surface area contributed by atoms with E-state index in [4.69, 9.17) is 4.74 Å². The summed E-state index contributed by atoms with van der Waals surface area (Å²) in [6.07, 6.45) is 2.96. The molecule has 1 N–H and O–H groups in total. The maximum atomic E-state index is 5.90. The molecule has 0 aliphatic carbocycles. The van der Waals surface area contributed by atoms with Crippen LogP contribution in [-0.2, 0) is 11.3 Å². The molecule has 0 aromatic carbocycles. The Bertz CT molecular complexity index is 347. The number of nitrogens with zero attached hydrogens (tertiary/aromatic N) is 2. The summed E-state index contributed by atoms with van der Waals surface area (Å²) in [7, 11) is 0. The lowest BCUT2D eigenvalue weighted by atomic mass is 9.95. The summed E-state index contributed by atoms with van der Waals surface area (Å²) in [6.45, 7) is 13.2. The Morgan fingerprint density at radius 1 is 1.39 bits per heavy atom. The SMILES string of the molecule is CCCn1nccc1C(NCC)C(C)(C)OCC. The van der Waals surface area contributed by atoms with Crippen LogP contribution in [0.25, 0.3) is 0 Å². The molecule has 0 bridgehead atoms. The van der Waals surface area contributed by atoms with Gasteiger partial charge in [0.1, 0.15) is 0 Å². The summed E-state index contributed by atoms with van der Waals surface area (Å²) in [5.41, 5.74) is 0.966. The third kappa shape index (κ3) is 3.56. The molecule has 0 aliphatic rings. The van der Waals surface area contributed by atoms with Gasteiger partial charge in [-0.25, -0.2) is 0 Å². The first-order valence-corrected chi connectivity index (χ1v) is 6.95. The van der Waals surface area contributed by atoms with Gasteiger partial charge in [-0.1, -0.05) is 13.8 Å². The fraction of sp³-hybridized carbons (Fsp3) is 0.786. The Kier molecular flexibility index (Phi) is 5.82. The Morgan fingerprint density at radius 2 is 2.11 bits per heavy atom. The van der Waals surface area contributed by atoms with E-state index in [2.05, 4.69) is 48.9 Å². The molecular formula is C14H27N3O. The van der Waals surface area contributed by atoms with Crippen molar-refractivity contribution in [2.75, 3.05) is 13.2 Å². The van der Waals surface area contributed by atoms with Crippen molar-refractivity contribution in [3.63, 3.8) is 0 Å². The highest BCUT2D eigenvalue weighted by atomic mass is 16.5. The van der Waals surface area contributed by atoms with Crippen molar-refractivity contribution in [3.8, 4) is 0 Å². The largest absolute Gasteiger partial charge is 0.374 e. The standard InChI is InChI=1S/C14H27N3O/c1-6-11-17-12(9-10-16-17)13(15-7-2)14(4,5)18-8-3/h9-10,13,15H,6-8,11H2,1-5H3. The number of likely N-dealkylation sites (N-methyl/N-ethyl adjacent to an activating group) is 1. The lowest BCUT2D eigenvalue weighted by Gasteiger charge is -2.35. The van der Waals surface area contributed by atoms with E-state index in [9.17, 15) is 0 Å². The number of nitrogens with one attached hydrogen (secondary N) is 1. The summed E-state index contributed by atoms with van der Waals surface area (Å²) in [4.78, 5) is 0. The van der Waals surface area contributed by atoms with Crippen molar-refractivity contribution in [2.45, 2.75) is 59.2 Å². The molecule has 0 radical (unpaired) electrons. The van der Waals surface area contributed by atoms with E-state index in [1.54, 1.807) is 0 Å². The van der Waals surface area contributed by atoms with Gasteiger partial charge >= 0.3 is 0 Å². The summed E-state index contributed by atoms with van der Waals surface area (Å²) in [6, 6.07) is 2.25. The number of rotatable bonds is 8. The van der Waals surface area contributed by atoms with Gasteiger partial charge in [0.15, 0.2) is 0 Å². The molecule has 1 aromatic heterocycles. The second-order valence-electron chi connectivity index (χ2n) is 5.01. The van der Waals surface area contributed by atoms with Crippen LogP contribution in [0.1, 0.15) is 52.8 Å². The normalized spacial score (nSPS) is 13.8. The number of hydrogen-bond acceptors (Lipinski definition) is 3. The van der Waals surface area contributed by atoms with Crippen LogP contribution < -0.4 is 5.32 Å². The predicted molar refractivity (Wildman–Crippen MR) is 74.6 cm³/mol. The number of aryl methyl sites for hydroxylation is 1. The third-order valence-corrected chi connectivity index (χ3v) is 3.10. The van der Waals surface area contributed by atoms with E-state index >= 15 is 0 Å². The zero-order chi connectivity index (χ0) is 13.6. The molecule has 0 amide bonds. The predicted octanol–water partition coefficient (Wildman–Crippen LogP) is 2.76. The van der Waals surface area contributed by atoms with Crippen molar-refractivity contribution < 1.29 is 4.74 Å². The topological polar surface area (TPSA) is 39.1 Å². The van der Waals surface area contributed by atoms with Crippen LogP contribution in [0, 0.1) is 0 Å². The molecule has 0 saturated heterocycles. The molecule has 1 rings (SSSR count). The van der Waals surface area contributed by atoms with Crippen LogP contribution in [0.3, 0.4) is 0 Å². The average Bonchev–Trinajstić information content (AvgIpc) is 2.74. The molecule has 104 valence electrons. The van der Waals surface area contributed by atoms with Gasteiger partial charge < -0.3 is 10.1 Å². The molecule has 18 heavy (non-hydrogen) atoms. The van der Waals surface area contributed by atoms with Crippen LogP contribution in [0.4, 0.5) is 0 Å². The van der Waals surface area contributed by atoms with Crippen LogP contribution in [0.5, 0.6) is 0 Å². The Labute approximate surface area is 111 Å². The van der Waals surface area contributed by atoms with Crippen LogP contribution >= 0.6 is 0 Å². The first kappa shape index (κ1) is 15.2. The molecule has 1 aromatic rings. The Morgan fingerprint density at radius 3 is 2.67 bits per heavy atom. The van der Waals surface area contributed by atoms with Crippen molar-refractivity contribution in [1.82, 2.24) is 15.1 Å². The van der Waals surface area contributed by atoms with Gasteiger partial charge in [0.05, 0.1) is 17.3 Å². The molecule has 4 heteroatoms. The van der Waals surface area contributed by atoms with Crippen LogP contribution in [0.2, 0.25) is 0 Å². The van der Waals surface area contributed by atoms with Gasteiger partial charge in [-0.05, 0) is 39.8 Å². The van der Waals surface area contributed by atoms with Crippen LogP contribution in [0.15, 0.2) is 12.3 Å². The molecule has 1 unspecified atom stereocenters. The molecule has 1 heterocycles. The number of aromatic nitrogens is 2. The maximum Gasteiger partial charge on any atom is 0.0835 e. The quantitative estimate of drug-likeness (QED) is 0.774. The first-order chi connectivity index (χ1) is 8.56. The summed E-state index contributed by atoms with van der Waals surface area (Å²) in [5, 5.41) is 7.93. The minimum absolute atomic E-state index is 0.163. The van der Waals surface area contributed by atoms with E-state index in [1.165, 1.54) is 5.69 Å². The second-order valence-corrected chi connectivity index (χ2v) is 5.01.